The van der Waals surface area contributed by atoms with E-state index < -0.39 is 17.8 Å². The first kappa shape index (κ1) is 18.8. The van der Waals surface area contributed by atoms with E-state index in [1.165, 1.54) is 24.3 Å². The number of carbonyl (C=O) groups is 3. The number of carboxylic acid groups (broad SMARTS) is 1. The minimum absolute atomic E-state index is 0. The molecule has 0 spiro atoms. The van der Waals surface area contributed by atoms with Gasteiger partial charge < -0.3 is 9.90 Å². The van der Waals surface area contributed by atoms with Gasteiger partial charge in [0.15, 0.2) is 0 Å². The maximum Gasteiger partial charge on any atom is 1.00 e. The van der Waals surface area contributed by atoms with Gasteiger partial charge in [0.1, 0.15) is 0 Å². The van der Waals surface area contributed by atoms with Crippen molar-refractivity contribution in [2.75, 3.05) is 4.90 Å². The topological polar surface area (TPSA) is 77.5 Å². The molecule has 0 fully saturated rings. The summed E-state index contributed by atoms with van der Waals surface area (Å²) in [5.41, 5.74) is 0.889. The van der Waals surface area contributed by atoms with E-state index in [9.17, 15) is 19.5 Å². The number of carboxylic acids is 1. The predicted octanol–water partition coefficient (Wildman–Crippen LogP) is -0.230. The minimum atomic E-state index is -1.37. The molecule has 2 amide bonds. The van der Waals surface area contributed by atoms with Crippen molar-refractivity contribution < 1.29 is 49.0 Å². The largest absolute Gasteiger partial charge is 1.00 e. The Bertz CT molecular complexity index is 1070. The molecule has 122 valence electrons. The van der Waals surface area contributed by atoms with Gasteiger partial charge in [0.2, 0.25) is 0 Å². The van der Waals surface area contributed by atoms with Gasteiger partial charge in [-0.05, 0) is 41.3 Å². The van der Waals surface area contributed by atoms with Gasteiger partial charge in [-0.1, -0.05) is 40.2 Å². The summed E-state index contributed by atoms with van der Waals surface area (Å²) < 4.78 is 0.793. The summed E-state index contributed by atoms with van der Waals surface area (Å²) in [6.07, 6.45) is 0. The van der Waals surface area contributed by atoms with Crippen LogP contribution in [0.2, 0.25) is 0 Å². The van der Waals surface area contributed by atoms with E-state index in [1.807, 2.05) is 6.07 Å². The summed E-state index contributed by atoms with van der Waals surface area (Å²) in [6.45, 7) is 0. The maximum absolute atomic E-state index is 12.9. The van der Waals surface area contributed by atoms with E-state index >= 15 is 0 Å². The number of hydrogen-bond donors (Lipinski definition) is 0. The van der Waals surface area contributed by atoms with Crippen molar-refractivity contribution in [2.45, 2.75) is 0 Å². The van der Waals surface area contributed by atoms with Crippen LogP contribution in [-0.2, 0) is 0 Å². The van der Waals surface area contributed by atoms with Crippen LogP contribution in [0.1, 0.15) is 31.1 Å². The van der Waals surface area contributed by atoms with Crippen LogP contribution in [0.15, 0.2) is 59.1 Å². The number of hydrogen-bond acceptors (Lipinski definition) is 4. The molecule has 1 heterocycles. The third-order valence-corrected chi connectivity index (χ3v) is 4.89. The molecule has 0 aliphatic carbocycles. The molecule has 0 aromatic heterocycles. The van der Waals surface area contributed by atoms with Gasteiger partial charge in [0, 0.05) is 21.0 Å². The van der Waals surface area contributed by atoms with Gasteiger partial charge in [0.25, 0.3) is 11.8 Å². The molecule has 0 saturated carbocycles. The summed E-state index contributed by atoms with van der Waals surface area (Å²) in [5, 5.41) is 12.5. The quantitative estimate of drug-likeness (QED) is 0.426. The standard InChI is InChI=1S/C19H10BrNO4.Na/c20-15-8-7-14-16-12(15)5-2-6-13(16)17(22)21(18(14)23)11-4-1-3-10(9-11)19(24)25;/h1-9H,(H,24,25);/q;+1/p-1. The van der Waals surface area contributed by atoms with Crippen LogP contribution in [0, 0.1) is 0 Å². The second-order valence-electron chi connectivity index (χ2n) is 5.61. The fraction of sp³-hybridized carbons (Fsp3) is 0. The Morgan fingerprint density at radius 2 is 1.58 bits per heavy atom. The van der Waals surface area contributed by atoms with Crippen molar-refractivity contribution >= 4 is 50.2 Å². The molecule has 0 unspecified atom stereocenters. The zero-order valence-electron chi connectivity index (χ0n) is 13.7. The van der Waals surface area contributed by atoms with Crippen molar-refractivity contribution in [1.29, 1.82) is 0 Å². The zero-order valence-corrected chi connectivity index (χ0v) is 17.2. The van der Waals surface area contributed by atoms with E-state index in [0.717, 1.165) is 14.8 Å². The number of imide groups is 1. The maximum atomic E-state index is 12.9. The van der Waals surface area contributed by atoms with Gasteiger partial charge in [-0.25, -0.2) is 4.90 Å². The number of amides is 2. The first-order valence-corrected chi connectivity index (χ1v) is 8.20. The first-order valence-electron chi connectivity index (χ1n) is 7.40. The van der Waals surface area contributed by atoms with Crippen molar-refractivity contribution in [3.63, 3.8) is 0 Å². The van der Waals surface area contributed by atoms with Crippen LogP contribution in [-0.4, -0.2) is 17.8 Å². The van der Waals surface area contributed by atoms with Crippen molar-refractivity contribution in [3.8, 4) is 0 Å². The molecule has 0 bridgehead atoms. The van der Waals surface area contributed by atoms with Crippen LogP contribution in [0.25, 0.3) is 10.8 Å². The van der Waals surface area contributed by atoms with Crippen LogP contribution >= 0.6 is 15.9 Å². The van der Waals surface area contributed by atoms with Crippen LogP contribution in [0.4, 0.5) is 5.69 Å². The van der Waals surface area contributed by atoms with E-state index in [2.05, 4.69) is 15.9 Å². The van der Waals surface area contributed by atoms with Gasteiger partial charge in [-0.15, -0.1) is 0 Å². The third kappa shape index (κ3) is 2.79. The van der Waals surface area contributed by atoms with E-state index in [4.69, 9.17) is 0 Å². The summed E-state index contributed by atoms with van der Waals surface area (Å²) >= 11 is 3.44. The smallest absolute Gasteiger partial charge is 0.545 e. The van der Waals surface area contributed by atoms with E-state index in [0.29, 0.717) is 16.5 Å². The normalized spacial score (nSPS) is 12.9. The minimum Gasteiger partial charge on any atom is -0.545 e. The molecule has 1 aliphatic heterocycles. The number of aromatic carboxylic acids is 1. The van der Waals surface area contributed by atoms with E-state index in [1.54, 1.807) is 24.3 Å². The predicted molar refractivity (Wildman–Crippen MR) is 93.6 cm³/mol. The molecule has 0 radical (unpaired) electrons. The van der Waals surface area contributed by atoms with Crippen molar-refractivity contribution in [3.05, 3.63) is 75.8 Å². The molecule has 26 heavy (non-hydrogen) atoms. The fourth-order valence-corrected chi connectivity index (χ4v) is 3.53. The second-order valence-corrected chi connectivity index (χ2v) is 6.46. The Kier molecular flexibility index (Phi) is 5.03. The summed E-state index contributed by atoms with van der Waals surface area (Å²) in [4.78, 5) is 37.9. The first-order chi connectivity index (χ1) is 12.0. The SMILES string of the molecule is O=C([O-])c1cccc(N2C(=O)c3cccc4c(Br)ccc(c34)C2=O)c1.[Na+]. The average Bonchev–Trinajstić information content (AvgIpc) is 2.61. The molecule has 1 aliphatic rings. The molecule has 0 N–H and O–H groups in total. The summed E-state index contributed by atoms with van der Waals surface area (Å²) in [5.74, 6) is -2.35. The summed E-state index contributed by atoms with van der Waals surface area (Å²) in [7, 11) is 0. The molecule has 4 rings (SSSR count). The van der Waals surface area contributed by atoms with Gasteiger partial charge in [-0.3, -0.25) is 9.59 Å². The van der Waals surface area contributed by atoms with Gasteiger partial charge in [-0.2, -0.15) is 0 Å². The number of anilines is 1. The molecule has 0 saturated heterocycles. The van der Waals surface area contributed by atoms with Crippen LogP contribution < -0.4 is 39.6 Å². The zero-order chi connectivity index (χ0) is 17.7. The Morgan fingerprint density at radius 3 is 2.27 bits per heavy atom. The third-order valence-electron chi connectivity index (χ3n) is 4.19. The molecule has 5 nitrogen and oxygen atoms in total. The monoisotopic (exact) mass is 417 g/mol. The molecular formula is C19H9BrNNaO4. The Hall–Kier alpha value is -1.99. The van der Waals surface area contributed by atoms with Gasteiger partial charge in [0.05, 0.1) is 11.7 Å². The van der Waals surface area contributed by atoms with Crippen molar-refractivity contribution in [1.82, 2.24) is 0 Å². The molecule has 3 aromatic rings. The number of halogens is 1. The number of nitrogens with zero attached hydrogens (tertiary/aromatic N) is 1. The Balaban J connectivity index is 0.00000196. The van der Waals surface area contributed by atoms with Gasteiger partial charge >= 0.3 is 29.6 Å². The number of benzene rings is 3. The number of carbonyl (C=O) groups excluding carboxylic acids is 3. The molecule has 0 atom stereocenters. The van der Waals surface area contributed by atoms with Crippen LogP contribution in [0.5, 0.6) is 0 Å². The molecular weight excluding hydrogens is 409 g/mol. The van der Waals surface area contributed by atoms with E-state index in [-0.39, 0.29) is 40.8 Å². The fourth-order valence-electron chi connectivity index (χ4n) is 3.07. The number of rotatable bonds is 2. The Labute approximate surface area is 179 Å². The molecule has 7 heteroatoms. The summed E-state index contributed by atoms with van der Waals surface area (Å²) in [6, 6.07) is 14.2. The van der Waals surface area contributed by atoms with Crippen LogP contribution in [0.3, 0.4) is 0 Å². The van der Waals surface area contributed by atoms with Crippen molar-refractivity contribution in [2.24, 2.45) is 0 Å². The average molecular weight is 418 g/mol. The second kappa shape index (κ2) is 6.96. The molecule has 3 aromatic carbocycles. The Morgan fingerprint density at radius 1 is 0.923 bits per heavy atom.